The maximum atomic E-state index is 2.35. The Morgan fingerprint density at radius 1 is 1.00 bits per heavy atom. The van der Waals surface area contributed by atoms with Crippen LogP contribution in [0.2, 0.25) is 0 Å². The first-order valence-corrected chi connectivity index (χ1v) is 4.77. The summed E-state index contributed by atoms with van der Waals surface area (Å²) < 4.78 is 0. The average molecular weight is 157 g/mol. The minimum absolute atomic E-state index is 0.979. The minimum Gasteiger partial charge on any atom is -0.309 e. The molecule has 0 bridgehead atoms. The van der Waals surface area contributed by atoms with Crippen molar-refractivity contribution < 1.29 is 0 Å². The Morgan fingerprint density at radius 3 is 1.45 bits per heavy atom. The molecule has 1 aliphatic carbocycles. The maximum absolute atomic E-state index is 2.35. The Labute approximate surface area is 71.8 Å². The molecule has 2 atom stereocenters. The van der Waals surface area contributed by atoms with Crippen molar-refractivity contribution >= 4 is 0 Å². The normalized spacial score (nSPS) is 34.6. The molecule has 0 aliphatic heterocycles. The van der Waals surface area contributed by atoms with Gasteiger partial charge in [-0.15, -0.1) is 0 Å². The molecule has 0 heterocycles. The first-order valence-electron chi connectivity index (χ1n) is 4.77. The van der Waals surface area contributed by atoms with E-state index in [-0.39, 0.29) is 0 Å². The molecule has 1 nitrogen and oxygen atoms in total. The lowest BCUT2D eigenvalue weighted by molar-refractivity contribution is 0.375. The Kier molecular flexibility index (Phi) is 4.74. The number of hydrogen-bond acceptors (Lipinski definition) is 1. The molecule has 11 heavy (non-hydrogen) atoms. The van der Waals surface area contributed by atoms with Crippen LogP contribution in [0.1, 0.15) is 27.7 Å². The summed E-state index contributed by atoms with van der Waals surface area (Å²) >= 11 is 0. The lowest BCUT2D eigenvalue weighted by Crippen LogP contribution is -2.15. The molecule has 0 amide bonds. The van der Waals surface area contributed by atoms with E-state index in [1.165, 1.54) is 6.54 Å². The molecule has 1 saturated carbocycles. The quantitative estimate of drug-likeness (QED) is 0.595. The topological polar surface area (TPSA) is 3.24 Å². The van der Waals surface area contributed by atoms with Gasteiger partial charge in [-0.05, 0) is 31.8 Å². The van der Waals surface area contributed by atoms with Gasteiger partial charge >= 0.3 is 0 Å². The van der Waals surface area contributed by atoms with Gasteiger partial charge in [0.25, 0.3) is 0 Å². The van der Waals surface area contributed by atoms with E-state index in [1.54, 1.807) is 0 Å². The van der Waals surface area contributed by atoms with Gasteiger partial charge in [0, 0.05) is 6.54 Å². The molecule has 1 heteroatoms. The van der Waals surface area contributed by atoms with Crippen LogP contribution < -0.4 is 0 Å². The summed E-state index contributed by atoms with van der Waals surface area (Å²) in [5.74, 6) is 2.94. The van der Waals surface area contributed by atoms with Crippen LogP contribution in [-0.4, -0.2) is 25.5 Å². The monoisotopic (exact) mass is 157 g/mol. The second-order valence-corrected chi connectivity index (χ2v) is 3.64. The van der Waals surface area contributed by atoms with Gasteiger partial charge < -0.3 is 4.90 Å². The molecular weight excluding hydrogens is 134 g/mol. The van der Waals surface area contributed by atoms with Crippen molar-refractivity contribution in [2.24, 2.45) is 17.8 Å². The van der Waals surface area contributed by atoms with Gasteiger partial charge in [-0.2, -0.15) is 0 Å². The van der Waals surface area contributed by atoms with Gasteiger partial charge in [0.05, 0.1) is 0 Å². The molecule has 1 rings (SSSR count). The highest BCUT2D eigenvalue weighted by Crippen LogP contribution is 2.45. The van der Waals surface area contributed by atoms with Crippen molar-refractivity contribution in [3.8, 4) is 0 Å². The van der Waals surface area contributed by atoms with E-state index in [0.29, 0.717) is 0 Å². The summed E-state index contributed by atoms with van der Waals surface area (Å²) in [7, 11) is 4.30. The maximum Gasteiger partial charge on any atom is 0.000886 e. The highest BCUT2D eigenvalue weighted by molar-refractivity contribution is 4.91. The lowest BCUT2D eigenvalue weighted by Gasteiger charge is -2.07. The first-order chi connectivity index (χ1) is 5.13. The molecule has 0 aromatic rings. The van der Waals surface area contributed by atoms with Gasteiger partial charge in [0.2, 0.25) is 0 Å². The van der Waals surface area contributed by atoms with Crippen LogP contribution in [-0.2, 0) is 0 Å². The minimum atomic E-state index is 0.979. The van der Waals surface area contributed by atoms with Crippen LogP contribution in [0.5, 0.6) is 0 Å². The SMILES string of the molecule is CC.CC1C(C)C1CN(C)C. The summed E-state index contributed by atoms with van der Waals surface area (Å²) in [5, 5.41) is 0. The summed E-state index contributed by atoms with van der Waals surface area (Å²) in [4.78, 5) is 2.28. The van der Waals surface area contributed by atoms with Crippen LogP contribution in [0.4, 0.5) is 0 Å². The smallest absolute Gasteiger partial charge is 0.000886 e. The van der Waals surface area contributed by atoms with Gasteiger partial charge in [-0.3, -0.25) is 0 Å². The van der Waals surface area contributed by atoms with E-state index in [0.717, 1.165) is 17.8 Å². The van der Waals surface area contributed by atoms with E-state index in [9.17, 15) is 0 Å². The Hall–Kier alpha value is -0.0400. The van der Waals surface area contributed by atoms with Crippen molar-refractivity contribution in [1.29, 1.82) is 0 Å². The number of rotatable bonds is 2. The van der Waals surface area contributed by atoms with E-state index < -0.39 is 0 Å². The Balaban J connectivity index is 0.000000461. The van der Waals surface area contributed by atoms with Gasteiger partial charge in [0.15, 0.2) is 0 Å². The molecular formula is C10H23N. The third-order valence-corrected chi connectivity index (χ3v) is 2.62. The average Bonchev–Trinajstić information content (AvgIpc) is 2.49. The first kappa shape index (κ1) is 11.0. The zero-order valence-electron chi connectivity index (χ0n) is 8.89. The summed E-state index contributed by atoms with van der Waals surface area (Å²) in [5.41, 5.74) is 0. The standard InChI is InChI=1S/C8H17N.C2H6/c1-6-7(2)8(6)5-9(3)4;1-2/h6-8H,5H2,1-4H3;1-2H3. The fourth-order valence-corrected chi connectivity index (χ4v) is 1.52. The third kappa shape index (κ3) is 3.24. The van der Waals surface area contributed by atoms with Gasteiger partial charge in [-0.1, -0.05) is 27.7 Å². The Bertz CT molecular complexity index is 91.0. The predicted octanol–water partition coefficient (Wildman–Crippen LogP) is 2.48. The molecule has 1 fully saturated rings. The van der Waals surface area contributed by atoms with Crippen LogP contribution in [0.15, 0.2) is 0 Å². The van der Waals surface area contributed by atoms with E-state index >= 15 is 0 Å². The number of hydrogen-bond donors (Lipinski definition) is 0. The van der Waals surface area contributed by atoms with Crippen LogP contribution in [0.3, 0.4) is 0 Å². The number of nitrogens with zero attached hydrogens (tertiary/aromatic N) is 1. The van der Waals surface area contributed by atoms with Crippen molar-refractivity contribution in [3.05, 3.63) is 0 Å². The second-order valence-electron chi connectivity index (χ2n) is 3.64. The zero-order chi connectivity index (χ0) is 9.02. The molecule has 0 spiro atoms. The van der Waals surface area contributed by atoms with Gasteiger partial charge in [-0.25, -0.2) is 0 Å². The lowest BCUT2D eigenvalue weighted by atomic mass is 10.3. The fourth-order valence-electron chi connectivity index (χ4n) is 1.52. The van der Waals surface area contributed by atoms with E-state index in [2.05, 4.69) is 32.8 Å². The molecule has 1 aliphatic rings. The summed E-state index contributed by atoms with van der Waals surface area (Å²) in [6.07, 6.45) is 0. The molecule has 0 radical (unpaired) electrons. The second kappa shape index (κ2) is 4.76. The molecule has 2 unspecified atom stereocenters. The molecule has 0 saturated heterocycles. The van der Waals surface area contributed by atoms with Crippen molar-refractivity contribution in [3.63, 3.8) is 0 Å². The van der Waals surface area contributed by atoms with Crippen LogP contribution >= 0.6 is 0 Å². The predicted molar refractivity (Wildman–Crippen MR) is 51.7 cm³/mol. The molecule has 0 aromatic heterocycles. The summed E-state index contributed by atoms with van der Waals surface area (Å²) in [6.45, 7) is 9.97. The highest BCUT2D eigenvalue weighted by atomic mass is 15.1. The Morgan fingerprint density at radius 2 is 1.36 bits per heavy atom. The largest absolute Gasteiger partial charge is 0.309 e. The van der Waals surface area contributed by atoms with Crippen molar-refractivity contribution in [2.75, 3.05) is 20.6 Å². The van der Waals surface area contributed by atoms with E-state index in [1.807, 2.05) is 13.8 Å². The molecule has 0 N–H and O–H groups in total. The third-order valence-electron chi connectivity index (χ3n) is 2.62. The van der Waals surface area contributed by atoms with Gasteiger partial charge in [0.1, 0.15) is 0 Å². The summed E-state index contributed by atoms with van der Waals surface area (Å²) in [6, 6.07) is 0. The molecule has 0 aromatic carbocycles. The fraction of sp³-hybridized carbons (Fsp3) is 1.00. The van der Waals surface area contributed by atoms with E-state index in [4.69, 9.17) is 0 Å². The highest BCUT2D eigenvalue weighted by Gasteiger charge is 2.42. The van der Waals surface area contributed by atoms with Crippen LogP contribution in [0, 0.1) is 17.8 Å². The van der Waals surface area contributed by atoms with Crippen LogP contribution in [0.25, 0.3) is 0 Å². The molecule has 68 valence electrons. The van der Waals surface area contributed by atoms with Crippen molar-refractivity contribution in [2.45, 2.75) is 27.7 Å². The zero-order valence-corrected chi connectivity index (χ0v) is 8.89. The van der Waals surface area contributed by atoms with Crippen molar-refractivity contribution in [1.82, 2.24) is 4.90 Å².